The summed E-state index contributed by atoms with van der Waals surface area (Å²) >= 11 is 13.0. The maximum atomic E-state index is 6.54. The van der Waals surface area contributed by atoms with E-state index in [-0.39, 0.29) is 0 Å². The van der Waals surface area contributed by atoms with Crippen LogP contribution < -0.4 is 16.0 Å². The van der Waals surface area contributed by atoms with Gasteiger partial charge in [-0.3, -0.25) is 0 Å². The van der Waals surface area contributed by atoms with E-state index in [1.54, 1.807) is 19.5 Å². The van der Waals surface area contributed by atoms with Gasteiger partial charge < -0.3 is 20.7 Å². The number of pyridine rings is 2. The van der Waals surface area contributed by atoms with Crippen molar-refractivity contribution in [2.75, 3.05) is 30.9 Å². The summed E-state index contributed by atoms with van der Waals surface area (Å²) in [7, 11) is 1.75. The van der Waals surface area contributed by atoms with Crippen LogP contribution in [0.15, 0.2) is 24.5 Å². The van der Waals surface area contributed by atoms with E-state index in [1.165, 1.54) is 12.8 Å². The Morgan fingerprint density at radius 1 is 1.06 bits per heavy atom. The van der Waals surface area contributed by atoms with E-state index in [4.69, 9.17) is 27.9 Å². The van der Waals surface area contributed by atoms with Gasteiger partial charge in [0.25, 0.3) is 0 Å². The van der Waals surface area contributed by atoms with Gasteiger partial charge in [0.15, 0.2) is 0 Å². The van der Waals surface area contributed by atoms with E-state index >= 15 is 0 Å². The highest BCUT2D eigenvalue weighted by Crippen LogP contribution is 2.45. The van der Waals surface area contributed by atoms with Crippen LogP contribution in [-0.4, -0.2) is 48.4 Å². The van der Waals surface area contributed by atoms with Crippen molar-refractivity contribution in [1.29, 1.82) is 0 Å². The molecule has 1 atom stereocenters. The molecule has 0 spiro atoms. The summed E-state index contributed by atoms with van der Waals surface area (Å²) < 4.78 is 5.24. The number of nitrogens with one attached hydrogen (secondary N) is 3. The summed E-state index contributed by atoms with van der Waals surface area (Å²) in [6.07, 6.45) is 10.5. The molecule has 0 aromatic carbocycles. The Morgan fingerprint density at radius 2 is 1.79 bits per heavy atom. The number of ether oxygens (including phenoxy) is 1. The monoisotopic (exact) mass is 491 g/mol. The summed E-state index contributed by atoms with van der Waals surface area (Å²) in [6, 6.07) is 5.33. The Labute approximate surface area is 207 Å². The largest absolute Gasteiger partial charge is 0.383 e. The van der Waals surface area contributed by atoms with Crippen molar-refractivity contribution in [3.8, 4) is 11.1 Å². The standard InChI is InChI=1S/C25H35Cl2N5O/c1-16(14-33-3)31-17-4-6-18(7-5-17)32-23-11-20(22(26)13-28-23)21-10-19(12-29-24(21)27)30-15-25(2)8-9-25/h10-13,16-18,30-31H,4-9,14-15H2,1-3H3,(H,28,32)/t16-,17-,18-/m0/s1. The molecule has 0 aliphatic heterocycles. The molecular weight excluding hydrogens is 457 g/mol. The number of hydrogen-bond donors (Lipinski definition) is 3. The van der Waals surface area contributed by atoms with Gasteiger partial charge in [0.05, 0.1) is 23.5 Å². The molecule has 6 nitrogen and oxygen atoms in total. The van der Waals surface area contributed by atoms with Gasteiger partial charge in [-0.05, 0) is 63.0 Å². The Kier molecular flexibility index (Phi) is 8.00. The molecule has 0 saturated heterocycles. The predicted octanol–water partition coefficient (Wildman–Crippen LogP) is 6.01. The molecule has 2 aromatic heterocycles. The molecule has 2 aromatic rings. The van der Waals surface area contributed by atoms with E-state index in [2.05, 4.69) is 39.8 Å². The van der Waals surface area contributed by atoms with Crippen LogP contribution in [-0.2, 0) is 4.74 Å². The third kappa shape index (κ3) is 6.72. The Bertz CT molecular complexity index is 944. The Hall–Kier alpha value is -1.60. The third-order valence-corrected chi connectivity index (χ3v) is 7.43. The Balaban J connectivity index is 1.40. The highest BCUT2D eigenvalue weighted by atomic mass is 35.5. The highest BCUT2D eigenvalue weighted by molar-refractivity contribution is 6.36. The molecule has 2 aliphatic rings. The van der Waals surface area contributed by atoms with Gasteiger partial charge in [-0.1, -0.05) is 30.1 Å². The van der Waals surface area contributed by atoms with E-state index < -0.39 is 0 Å². The second-order valence-corrected chi connectivity index (χ2v) is 10.8. The number of nitrogens with zero attached hydrogens (tertiary/aromatic N) is 2. The highest BCUT2D eigenvalue weighted by Gasteiger charge is 2.36. The molecule has 0 amide bonds. The molecule has 180 valence electrons. The lowest BCUT2D eigenvalue weighted by Gasteiger charge is -2.32. The first kappa shape index (κ1) is 24.5. The minimum atomic E-state index is 0.376. The molecule has 0 unspecified atom stereocenters. The van der Waals surface area contributed by atoms with Crippen molar-refractivity contribution in [3.05, 3.63) is 34.7 Å². The lowest BCUT2D eigenvalue weighted by molar-refractivity contribution is 0.161. The fourth-order valence-corrected chi connectivity index (χ4v) is 4.89. The molecule has 3 N–H and O–H groups in total. The Morgan fingerprint density at radius 3 is 2.48 bits per heavy atom. The maximum absolute atomic E-state index is 6.54. The van der Waals surface area contributed by atoms with Crippen LogP contribution in [0.25, 0.3) is 11.1 Å². The lowest BCUT2D eigenvalue weighted by atomic mass is 9.90. The summed E-state index contributed by atoms with van der Waals surface area (Å²) in [5, 5.41) is 11.8. The van der Waals surface area contributed by atoms with Gasteiger partial charge in [-0.2, -0.15) is 0 Å². The average molecular weight is 492 g/mol. The van der Waals surface area contributed by atoms with Crippen molar-refractivity contribution >= 4 is 34.7 Å². The van der Waals surface area contributed by atoms with Crippen LogP contribution in [0.2, 0.25) is 10.2 Å². The normalized spacial score (nSPS) is 22.6. The first-order valence-corrected chi connectivity index (χ1v) is 12.7. The molecule has 2 aliphatic carbocycles. The van der Waals surface area contributed by atoms with Crippen LogP contribution >= 0.6 is 23.2 Å². The zero-order chi connectivity index (χ0) is 23.4. The molecule has 0 bridgehead atoms. The van der Waals surface area contributed by atoms with Crippen LogP contribution in [0.3, 0.4) is 0 Å². The first-order valence-electron chi connectivity index (χ1n) is 11.9. The van der Waals surface area contributed by atoms with Gasteiger partial charge in [0.1, 0.15) is 11.0 Å². The van der Waals surface area contributed by atoms with E-state index in [0.29, 0.717) is 33.7 Å². The van der Waals surface area contributed by atoms with Crippen LogP contribution in [0.4, 0.5) is 11.5 Å². The van der Waals surface area contributed by atoms with Crippen molar-refractivity contribution in [2.24, 2.45) is 5.41 Å². The summed E-state index contributed by atoms with van der Waals surface area (Å²) in [6.45, 7) is 6.15. The van der Waals surface area contributed by atoms with Crippen LogP contribution in [0.1, 0.15) is 52.4 Å². The number of aromatic nitrogens is 2. The first-order chi connectivity index (χ1) is 15.8. The van der Waals surface area contributed by atoms with Gasteiger partial charge >= 0.3 is 0 Å². The fourth-order valence-electron chi connectivity index (χ4n) is 4.48. The van der Waals surface area contributed by atoms with E-state index in [1.807, 2.05) is 12.1 Å². The van der Waals surface area contributed by atoms with Gasteiger partial charge in [-0.25, -0.2) is 9.97 Å². The summed E-state index contributed by atoms with van der Waals surface area (Å²) in [4.78, 5) is 8.92. The maximum Gasteiger partial charge on any atom is 0.137 e. The number of hydrogen-bond acceptors (Lipinski definition) is 6. The number of halogens is 2. The number of anilines is 2. The molecule has 2 heterocycles. The SMILES string of the molecule is COC[C@H](C)N[C@H]1CC[C@H](Nc2cc(-c3cc(NCC4(C)CC4)cnc3Cl)c(Cl)cn2)CC1. The third-order valence-electron chi connectivity index (χ3n) is 6.82. The molecule has 2 fully saturated rings. The molecular formula is C25H35Cl2N5O. The smallest absolute Gasteiger partial charge is 0.137 e. The minimum absolute atomic E-state index is 0.376. The van der Waals surface area contributed by atoms with Gasteiger partial charge in [-0.15, -0.1) is 0 Å². The van der Waals surface area contributed by atoms with Crippen LogP contribution in [0, 0.1) is 5.41 Å². The van der Waals surface area contributed by atoms with Gasteiger partial charge in [0, 0.05) is 49.1 Å². The van der Waals surface area contributed by atoms with Crippen molar-refractivity contribution < 1.29 is 4.74 Å². The van der Waals surface area contributed by atoms with Crippen LogP contribution in [0.5, 0.6) is 0 Å². The predicted molar refractivity (Wildman–Crippen MR) is 137 cm³/mol. The zero-order valence-corrected chi connectivity index (χ0v) is 21.3. The summed E-state index contributed by atoms with van der Waals surface area (Å²) in [5.41, 5.74) is 3.02. The molecule has 8 heteroatoms. The minimum Gasteiger partial charge on any atom is -0.383 e. The summed E-state index contributed by atoms with van der Waals surface area (Å²) in [5.74, 6) is 0.818. The van der Waals surface area contributed by atoms with Gasteiger partial charge in [0.2, 0.25) is 0 Å². The van der Waals surface area contributed by atoms with Crippen molar-refractivity contribution in [2.45, 2.75) is 70.5 Å². The molecule has 4 rings (SSSR count). The average Bonchev–Trinajstić information content (AvgIpc) is 3.53. The van der Waals surface area contributed by atoms with E-state index in [0.717, 1.165) is 61.5 Å². The van der Waals surface area contributed by atoms with Crippen molar-refractivity contribution in [3.63, 3.8) is 0 Å². The number of methoxy groups -OCH3 is 1. The van der Waals surface area contributed by atoms with E-state index in [9.17, 15) is 0 Å². The molecule has 33 heavy (non-hydrogen) atoms. The second kappa shape index (κ2) is 10.8. The van der Waals surface area contributed by atoms with Crippen molar-refractivity contribution in [1.82, 2.24) is 15.3 Å². The quantitative estimate of drug-likeness (QED) is 0.353. The number of rotatable bonds is 10. The fraction of sp³-hybridized carbons (Fsp3) is 0.600. The topological polar surface area (TPSA) is 71.1 Å². The zero-order valence-electron chi connectivity index (χ0n) is 19.8. The lowest BCUT2D eigenvalue weighted by Crippen LogP contribution is -2.42. The second-order valence-electron chi connectivity index (χ2n) is 9.99. The molecule has 2 saturated carbocycles. The molecule has 0 radical (unpaired) electrons.